The number of hydrogen-bond acceptors (Lipinski definition) is 8. The van der Waals surface area contributed by atoms with Crippen LogP contribution in [-0.4, -0.2) is 100 Å². The minimum Gasteiger partial charge on any atom is -0.379 e. The van der Waals surface area contributed by atoms with E-state index in [2.05, 4.69) is 10.3 Å². The van der Waals surface area contributed by atoms with E-state index >= 15 is 0 Å². The maximum atomic E-state index is 13.8. The smallest absolute Gasteiger partial charge is 0.379 e. The summed E-state index contributed by atoms with van der Waals surface area (Å²) in [6, 6.07) is 0.979. The maximum Gasteiger partial charge on any atom is 0.417 e. The summed E-state index contributed by atoms with van der Waals surface area (Å²) < 4.78 is 73.3. The zero-order chi connectivity index (χ0) is 24.7. The molecule has 1 N–H and O–H groups in total. The molecule has 0 radical (unpaired) electrons. The summed E-state index contributed by atoms with van der Waals surface area (Å²) in [6.07, 6.45) is -4.48. The van der Waals surface area contributed by atoms with Gasteiger partial charge in [0.15, 0.2) is 0 Å². The standard InChI is InChI=1S/C20H26F3N5O4S2/c1-24-19(29)14-12-33-18-15(20(21,22)23)9-16(25-17(14)18)27-3-5-28(6-4-27)34(30,31)8-7-26-10-13(11-26)32-2/h9,12-13H,3-8,10-11H2,1-2H3,(H,24,29). The lowest BCUT2D eigenvalue weighted by atomic mass is 10.1. The highest BCUT2D eigenvalue weighted by atomic mass is 32.2. The Labute approximate surface area is 199 Å². The van der Waals surface area contributed by atoms with Crippen LogP contribution in [0.25, 0.3) is 10.2 Å². The van der Waals surface area contributed by atoms with Gasteiger partial charge in [-0.25, -0.2) is 13.4 Å². The summed E-state index contributed by atoms with van der Waals surface area (Å²) in [7, 11) is -0.464. The number of carbonyl (C=O) groups excluding carboxylic acids is 1. The summed E-state index contributed by atoms with van der Waals surface area (Å²) in [6.45, 7) is 2.52. The third-order valence-electron chi connectivity index (χ3n) is 6.16. The van der Waals surface area contributed by atoms with Crippen LogP contribution >= 0.6 is 11.3 Å². The Morgan fingerprint density at radius 3 is 2.53 bits per heavy atom. The van der Waals surface area contributed by atoms with Crippen molar-refractivity contribution in [2.24, 2.45) is 0 Å². The van der Waals surface area contributed by atoms with E-state index in [9.17, 15) is 26.4 Å². The number of amides is 1. The molecule has 0 atom stereocenters. The molecule has 2 aliphatic rings. The number of fused-ring (bicyclic) bond motifs is 1. The minimum atomic E-state index is -4.62. The summed E-state index contributed by atoms with van der Waals surface area (Å²) in [5.74, 6) is -0.457. The number of ether oxygens (including phenoxy) is 1. The third kappa shape index (κ3) is 5.00. The molecule has 14 heteroatoms. The molecule has 0 aromatic carbocycles. The summed E-state index contributed by atoms with van der Waals surface area (Å²) in [5.41, 5.74) is -0.780. The number of nitrogens with zero attached hydrogens (tertiary/aromatic N) is 4. The molecule has 2 aromatic heterocycles. The summed E-state index contributed by atoms with van der Waals surface area (Å²) >= 11 is 0.825. The maximum absolute atomic E-state index is 13.8. The first kappa shape index (κ1) is 25.1. The van der Waals surface area contributed by atoms with Crippen LogP contribution in [0.2, 0.25) is 0 Å². The molecular weight excluding hydrogens is 495 g/mol. The SMILES string of the molecule is CNC(=O)c1csc2c(C(F)(F)F)cc(N3CCN(S(=O)(=O)CCN4CC(OC)C4)CC3)nc12. The average molecular weight is 522 g/mol. The van der Waals surface area contributed by atoms with Gasteiger partial charge in [0, 0.05) is 65.4 Å². The second kappa shape index (κ2) is 9.57. The number of piperazine rings is 1. The number of carbonyl (C=O) groups is 1. The van der Waals surface area contributed by atoms with E-state index in [1.807, 2.05) is 4.90 Å². The monoisotopic (exact) mass is 521 g/mol. The van der Waals surface area contributed by atoms with Gasteiger partial charge < -0.3 is 15.0 Å². The van der Waals surface area contributed by atoms with E-state index in [-0.39, 0.29) is 59.6 Å². The van der Waals surface area contributed by atoms with Crippen LogP contribution in [0.4, 0.5) is 19.0 Å². The van der Waals surface area contributed by atoms with Gasteiger partial charge in [0.1, 0.15) is 5.82 Å². The van der Waals surface area contributed by atoms with Gasteiger partial charge in [0.25, 0.3) is 5.91 Å². The quantitative estimate of drug-likeness (QED) is 0.590. The Balaban J connectivity index is 1.49. The van der Waals surface area contributed by atoms with Gasteiger partial charge in [0.05, 0.1) is 33.2 Å². The Kier molecular flexibility index (Phi) is 7.06. The van der Waals surface area contributed by atoms with Crippen molar-refractivity contribution in [3.63, 3.8) is 0 Å². The molecule has 34 heavy (non-hydrogen) atoms. The van der Waals surface area contributed by atoms with E-state index in [1.54, 1.807) is 12.0 Å². The first-order chi connectivity index (χ1) is 16.0. The highest BCUT2D eigenvalue weighted by molar-refractivity contribution is 7.89. The van der Waals surface area contributed by atoms with Crippen LogP contribution in [0.3, 0.4) is 0 Å². The highest BCUT2D eigenvalue weighted by Crippen LogP contribution is 2.40. The van der Waals surface area contributed by atoms with Crippen molar-refractivity contribution in [1.29, 1.82) is 0 Å². The van der Waals surface area contributed by atoms with Crippen molar-refractivity contribution in [3.05, 3.63) is 22.6 Å². The predicted molar refractivity (Wildman–Crippen MR) is 123 cm³/mol. The fourth-order valence-electron chi connectivity index (χ4n) is 4.09. The Hall–Kier alpha value is -2.00. The van der Waals surface area contributed by atoms with Crippen molar-refractivity contribution in [1.82, 2.24) is 19.5 Å². The number of sulfonamides is 1. The number of hydrogen-bond donors (Lipinski definition) is 1. The minimum absolute atomic E-state index is 0.00635. The number of alkyl halides is 3. The van der Waals surface area contributed by atoms with Crippen molar-refractivity contribution < 1.29 is 31.1 Å². The predicted octanol–water partition coefficient (Wildman–Crippen LogP) is 1.46. The lowest BCUT2D eigenvalue weighted by Crippen LogP contribution is -2.54. The molecule has 4 rings (SSSR count). The molecule has 0 spiro atoms. The van der Waals surface area contributed by atoms with Crippen LogP contribution in [0, 0.1) is 0 Å². The molecule has 2 aliphatic heterocycles. The number of halogens is 3. The van der Waals surface area contributed by atoms with Gasteiger partial charge in [-0.3, -0.25) is 9.69 Å². The van der Waals surface area contributed by atoms with Gasteiger partial charge >= 0.3 is 6.18 Å². The van der Waals surface area contributed by atoms with Gasteiger partial charge in [-0.05, 0) is 6.07 Å². The van der Waals surface area contributed by atoms with Crippen LogP contribution in [0.1, 0.15) is 15.9 Å². The van der Waals surface area contributed by atoms with Crippen LogP contribution in [-0.2, 0) is 20.9 Å². The topological polar surface area (TPSA) is 95.1 Å². The fraction of sp³-hybridized carbons (Fsp3) is 0.600. The number of likely N-dealkylation sites (tertiary alicyclic amines) is 1. The molecule has 2 fully saturated rings. The molecule has 1 amide bonds. The lowest BCUT2D eigenvalue weighted by Gasteiger charge is -2.39. The fourth-order valence-corrected chi connectivity index (χ4v) is 6.58. The number of rotatable bonds is 7. The highest BCUT2D eigenvalue weighted by Gasteiger charge is 2.37. The lowest BCUT2D eigenvalue weighted by molar-refractivity contribution is -0.136. The normalized spacial score (nSPS) is 18.9. The van der Waals surface area contributed by atoms with Crippen LogP contribution < -0.4 is 10.2 Å². The van der Waals surface area contributed by atoms with Crippen molar-refractivity contribution in [2.75, 3.05) is 70.6 Å². The first-order valence-corrected chi connectivity index (χ1v) is 13.2. The van der Waals surface area contributed by atoms with Gasteiger partial charge in [-0.1, -0.05) is 0 Å². The van der Waals surface area contributed by atoms with Crippen LogP contribution in [0.5, 0.6) is 0 Å². The Bertz CT molecular complexity index is 1160. The summed E-state index contributed by atoms with van der Waals surface area (Å²) in [4.78, 5) is 20.1. The van der Waals surface area contributed by atoms with Gasteiger partial charge in [0.2, 0.25) is 10.0 Å². The molecule has 0 unspecified atom stereocenters. The van der Waals surface area contributed by atoms with Crippen LogP contribution in [0.15, 0.2) is 11.4 Å². The molecule has 2 aromatic rings. The second-order valence-corrected chi connectivity index (χ2v) is 11.2. The third-order valence-corrected chi connectivity index (χ3v) is 9.02. The largest absolute Gasteiger partial charge is 0.417 e. The molecule has 188 valence electrons. The average Bonchev–Trinajstić information content (AvgIpc) is 3.20. The van der Waals surface area contributed by atoms with Gasteiger partial charge in [-0.2, -0.15) is 17.5 Å². The Morgan fingerprint density at radius 2 is 1.94 bits per heavy atom. The molecule has 4 heterocycles. The Morgan fingerprint density at radius 1 is 1.26 bits per heavy atom. The second-order valence-electron chi connectivity index (χ2n) is 8.25. The van der Waals surface area contributed by atoms with Crippen molar-refractivity contribution >= 4 is 43.3 Å². The number of thiophene rings is 1. The molecule has 0 aliphatic carbocycles. The molecule has 2 saturated heterocycles. The van der Waals surface area contributed by atoms with Crippen molar-refractivity contribution in [3.8, 4) is 0 Å². The molecule has 9 nitrogen and oxygen atoms in total. The number of aromatic nitrogens is 1. The number of methoxy groups -OCH3 is 1. The molecular formula is C20H26F3N5O4S2. The number of pyridine rings is 1. The number of anilines is 1. The van der Waals surface area contributed by atoms with E-state index in [0.29, 0.717) is 19.6 Å². The van der Waals surface area contributed by atoms with Gasteiger partial charge in [-0.15, -0.1) is 11.3 Å². The zero-order valence-electron chi connectivity index (χ0n) is 18.8. The molecule has 0 bridgehead atoms. The number of nitrogens with one attached hydrogen (secondary N) is 1. The van der Waals surface area contributed by atoms with Crippen molar-refractivity contribution in [2.45, 2.75) is 12.3 Å². The van der Waals surface area contributed by atoms with E-state index in [0.717, 1.165) is 17.4 Å². The summed E-state index contributed by atoms with van der Waals surface area (Å²) in [5, 5.41) is 3.79. The first-order valence-electron chi connectivity index (χ1n) is 10.7. The van der Waals surface area contributed by atoms with E-state index in [4.69, 9.17) is 4.74 Å². The zero-order valence-corrected chi connectivity index (χ0v) is 20.4. The van der Waals surface area contributed by atoms with E-state index < -0.39 is 27.7 Å². The van der Waals surface area contributed by atoms with E-state index in [1.165, 1.54) is 16.7 Å². The molecule has 0 saturated carbocycles.